The molecule has 0 unspecified atom stereocenters. The summed E-state index contributed by atoms with van der Waals surface area (Å²) in [4.78, 5) is 55.0. The molecule has 13 nitrogen and oxygen atoms in total. The first-order valence-corrected chi connectivity index (χ1v) is 10.9. The zero-order valence-corrected chi connectivity index (χ0v) is 18.4. The smallest absolute Gasteiger partial charge is 0.355 e. The van der Waals surface area contributed by atoms with E-state index in [4.69, 9.17) is 15.6 Å². The highest BCUT2D eigenvalue weighted by atomic mass is 32.2. The summed E-state index contributed by atoms with van der Waals surface area (Å²) in [5, 5.41) is 28.8. The van der Waals surface area contributed by atoms with Crippen molar-refractivity contribution in [1.82, 2.24) is 15.6 Å². The molecule has 6 N–H and O–H groups in total. The van der Waals surface area contributed by atoms with Gasteiger partial charge in [0.15, 0.2) is 16.9 Å². The molecule has 0 aliphatic carbocycles. The first-order valence-electron chi connectivity index (χ1n) is 9.04. The van der Waals surface area contributed by atoms with E-state index in [9.17, 15) is 24.3 Å². The third kappa shape index (κ3) is 4.77. The molecular weight excluding hydrogens is 466 g/mol. The van der Waals surface area contributed by atoms with Crippen molar-refractivity contribution in [2.24, 2.45) is 5.16 Å². The number of oxime groups is 1. The van der Waals surface area contributed by atoms with Gasteiger partial charge in [-0.2, -0.15) is 0 Å². The fourth-order valence-corrected chi connectivity index (χ4v) is 4.88. The maximum absolute atomic E-state index is 12.9. The summed E-state index contributed by atoms with van der Waals surface area (Å²) in [6, 6.07) is -1.53. The van der Waals surface area contributed by atoms with Gasteiger partial charge in [0, 0.05) is 16.7 Å². The number of carbonyl (C=O) groups is 4. The number of carbonyl (C=O) groups excluding carboxylic acids is 2. The Morgan fingerprint density at radius 3 is 2.81 bits per heavy atom. The average molecular weight is 486 g/mol. The van der Waals surface area contributed by atoms with Gasteiger partial charge in [-0.25, -0.2) is 19.4 Å². The van der Waals surface area contributed by atoms with Gasteiger partial charge in [0.05, 0.1) is 0 Å². The number of thiazole rings is 1. The molecule has 1 aromatic heterocycles. The second-order valence-corrected chi connectivity index (χ2v) is 9.21. The van der Waals surface area contributed by atoms with Crippen molar-refractivity contribution < 1.29 is 39.0 Å². The van der Waals surface area contributed by atoms with Crippen LogP contribution in [0.5, 0.6) is 0 Å². The Morgan fingerprint density at radius 1 is 1.50 bits per heavy atom. The maximum atomic E-state index is 12.9. The fourth-order valence-electron chi connectivity index (χ4n) is 3.00. The monoisotopic (exact) mass is 485 g/mol. The number of ether oxygens (including phenoxy) is 1. The van der Waals surface area contributed by atoms with E-state index >= 15 is 0 Å². The molecule has 2 aliphatic heterocycles. The number of anilines is 1. The number of hydrogen-bond donors (Lipinski definition) is 5. The fraction of sp³-hybridized carbons (Fsp3) is 0.412. The van der Waals surface area contributed by atoms with E-state index in [0.29, 0.717) is 11.3 Å². The van der Waals surface area contributed by atoms with E-state index in [1.54, 1.807) is 6.92 Å². The number of aromatic nitrogens is 1. The van der Waals surface area contributed by atoms with Crippen LogP contribution in [0.15, 0.2) is 21.8 Å². The van der Waals surface area contributed by atoms with E-state index in [-0.39, 0.29) is 16.5 Å². The lowest BCUT2D eigenvalue weighted by Gasteiger charge is -2.39. The summed E-state index contributed by atoms with van der Waals surface area (Å²) in [6.45, 7) is 2.40. The minimum atomic E-state index is -1.53. The molecule has 0 saturated heterocycles. The zero-order valence-electron chi connectivity index (χ0n) is 16.8. The van der Waals surface area contributed by atoms with Gasteiger partial charge in [-0.15, -0.1) is 23.1 Å². The van der Waals surface area contributed by atoms with Gasteiger partial charge in [-0.05, 0) is 13.8 Å². The summed E-state index contributed by atoms with van der Waals surface area (Å²) < 4.78 is 5.16. The zero-order chi connectivity index (χ0) is 23.6. The standard InChI is InChI=1S/C17H19N5O8S2/c1-6-7-4-32-17(2,21-10(7)15(28)30-6)12(14(26)27)20-13(25)11(22-29-3-9(23)24)8-5-31-16(18)19-8/h5-6,12,21H,3-4H2,1-2H3,(H2,18,19)(H,20,25)(H,23,24)(H,26,27)/b22-11-/t6-,12-,17-/m1/s1. The van der Waals surface area contributed by atoms with Gasteiger partial charge in [0.25, 0.3) is 5.91 Å². The molecule has 3 rings (SSSR count). The third-order valence-electron chi connectivity index (χ3n) is 4.60. The van der Waals surface area contributed by atoms with E-state index < -0.39 is 53.2 Å². The minimum absolute atomic E-state index is 0.0212. The van der Waals surface area contributed by atoms with Crippen LogP contribution in [0.3, 0.4) is 0 Å². The van der Waals surface area contributed by atoms with Gasteiger partial charge in [-0.3, -0.25) is 4.79 Å². The van der Waals surface area contributed by atoms with Crippen LogP contribution in [0.4, 0.5) is 5.13 Å². The van der Waals surface area contributed by atoms with Crippen LogP contribution < -0.4 is 16.4 Å². The molecule has 32 heavy (non-hydrogen) atoms. The Morgan fingerprint density at radius 2 is 2.22 bits per heavy atom. The van der Waals surface area contributed by atoms with Gasteiger partial charge >= 0.3 is 17.9 Å². The predicted molar refractivity (Wildman–Crippen MR) is 113 cm³/mol. The third-order valence-corrected chi connectivity index (χ3v) is 6.66. The molecule has 0 fully saturated rings. The number of nitrogen functional groups attached to an aromatic ring is 1. The summed E-state index contributed by atoms with van der Waals surface area (Å²) in [5.74, 6) is -3.98. The molecule has 172 valence electrons. The second kappa shape index (κ2) is 9.04. The molecule has 1 aromatic rings. The summed E-state index contributed by atoms with van der Waals surface area (Å²) in [6.07, 6.45) is -0.430. The molecule has 0 radical (unpaired) electrons. The van der Waals surface area contributed by atoms with Crippen LogP contribution in [0.1, 0.15) is 19.5 Å². The van der Waals surface area contributed by atoms with Gasteiger partial charge < -0.3 is 36.2 Å². The Balaban J connectivity index is 1.86. The maximum Gasteiger partial charge on any atom is 0.355 e. The van der Waals surface area contributed by atoms with Crippen LogP contribution in [0.25, 0.3) is 0 Å². The Bertz CT molecular complexity index is 1040. The number of esters is 1. The van der Waals surface area contributed by atoms with E-state index in [1.807, 2.05) is 0 Å². The first-order chi connectivity index (χ1) is 15.0. The number of nitrogens with two attached hydrogens (primary N) is 1. The van der Waals surface area contributed by atoms with Crippen molar-refractivity contribution in [3.05, 3.63) is 22.3 Å². The lowest BCUT2D eigenvalue weighted by atomic mass is 10.1. The van der Waals surface area contributed by atoms with Crippen molar-refractivity contribution in [1.29, 1.82) is 0 Å². The minimum Gasteiger partial charge on any atom is -0.480 e. The molecule has 0 aromatic carbocycles. The molecule has 0 spiro atoms. The number of carboxylic acid groups (broad SMARTS) is 2. The number of nitrogens with zero attached hydrogens (tertiary/aromatic N) is 2. The number of thioether (sulfide) groups is 1. The van der Waals surface area contributed by atoms with Crippen LogP contribution in [-0.2, 0) is 28.8 Å². The summed E-state index contributed by atoms with van der Waals surface area (Å²) in [5.41, 5.74) is 5.98. The number of cyclic esters (lactones) is 1. The van der Waals surface area contributed by atoms with Crippen LogP contribution in [-0.4, -0.2) is 74.1 Å². The Kier molecular flexibility index (Phi) is 6.59. The Hall–Kier alpha value is -3.33. The summed E-state index contributed by atoms with van der Waals surface area (Å²) in [7, 11) is 0. The van der Waals surface area contributed by atoms with Gasteiger partial charge in [0.1, 0.15) is 22.4 Å². The molecule has 0 saturated carbocycles. The SMILES string of the molecule is C[C@H]1OC(=O)C2=C1CS[C@](C)([C@H](NC(=O)/C(=N\OCC(=O)O)c1csc(N)n1)C(=O)O)N2. The predicted octanol–water partition coefficient (Wildman–Crippen LogP) is -0.648. The van der Waals surface area contributed by atoms with Crippen molar-refractivity contribution in [3.8, 4) is 0 Å². The molecule has 3 heterocycles. The van der Waals surface area contributed by atoms with Crippen molar-refractivity contribution in [3.63, 3.8) is 0 Å². The molecular formula is C17H19N5O8S2. The molecule has 1 amide bonds. The number of hydrogen-bond acceptors (Lipinski definition) is 12. The van der Waals surface area contributed by atoms with Crippen molar-refractivity contribution in [2.75, 3.05) is 18.1 Å². The number of aliphatic carboxylic acids is 2. The molecule has 3 atom stereocenters. The van der Waals surface area contributed by atoms with Gasteiger partial charge in [0.2, 0.25) is 6.61 Å². The molecule has 0 bridgehead atoms. The number of rotatable bonds is 8. The summed E-state index contributed by atoms with van der Waals surface area (Å²) >= 11 is 2.18. The van der Waals surface area contributed by atoms with E-state index in [1.165, 1.54) is 24.1 Å². The largest absolute Gasteiger partial charge is 0.480 e. The van der Waals surface area contributed by atoms with Crippen LogP contribution in [0, 0.1) is 0 Å². The van der Waals surface area contributed by atoms with Crippen molar-refractivity contribution in [2.45, 2.75) is 30.9 Å². The molecule has 15 heteroatoms. The van der Waals surface area contributed by atoms with Crippen LogP contribution in [0.2, 0.25) is 0 Å². The normalized spacial score (nSPS) is 23.6. The molecule has 2 aliphatic rings. The number of carboxylic acids is 2. The number of nitrogens with one attached hydrogen (secondary N) is 2. The lowest BCUT2D eigenvalue weighted by molar-refractivity contribution is -0.143. The van der Waals surface area contributed by atoms with Crippen molar-refractivity contribution >= 4 is 57.8 Å². The van der Waals surface area contributed by atoms with E-state index in [0.717, 1.165) is 11.3 Å². The highest BCUT2D eigenvalue weighted by molar-refractivity contribution is 8.00. The first kappa shape index (κ1) is 23.3. The second-order valence-electron chi connectivity index (χ2n) is 6.89. The Labute approximate surface area is 189 Å². The van der Waals surface area contributed by atoms with Crippen LogP contribution >= 0.6 is 23.1 Å². The highest BCUT2D eigenvalue weighted by Gasteiger charge is 2.48. The van der Waals surface area contributed by atoms with E-state index in [2.05, 4.69) is 25.6 Å². The van der Waals surface area contributed by atoms with Gasteiger partial charge in [-0.1, -0.05) is 5.16 Å². The highest BCUT2D eigenvalue weighted by Crippen LogP contribution is 2.38. The average Bonchev–Trinajstić information content (AvgIpc) is 3.25. The quantitative estimate of drug-likeness (QED) is 0.177. The lowest BCUT2D eigenvalue weighted by Crippen LogP contribution is -2.62. The number of amides is 1. The topological polar surface area (TPSA) is 203 Å².